The van der Waals surface area contributed by atoms with Crippen molar-refractivity contribution in [2.45, 2.75) is 18.9 Å². The topological polar surface area (TPSA) is 50.7 Å². The third-order valence-electron chi connectivity index (χ3n) is 3.29. The van der Waals surface area contributed by atoms with Crippen LogP contribution in [0, 0.1) is 5.92 Å². The number of ether oxygens (including phenoxy) is 2. The van der Waals surface area contributed by atoms with Crippen LogP contribution in [0.5, 0.6) is 5.75 Å². The maximum atomic E-state index is 10.0. The van der Waals surface area contributed by atoms with Crippen LogP contribution < -0.4 is 10.1 Å². The van der Waals surface area contributed by atoms with E-state index in [2.05, 4.69) is 5.32 Å². The van der Waals surface area contributed by atoms with Crippen LogP contribution in [-0.4, -0.2) is 38.5 Å². The summed E-state index contributed by atoms with van der Waals surface area (Å²) < 4.78 is 10.7. The van der Waals surface area contributed by atoms with Gasteiger partial charge in [-0.05, 0) is 36.5 Å². The largest absolute Gasteiger partial charge is 0.497 e. The number of hydrogen-bond donors (Lipinski definition) is 2. The van der Waals surface area contributed by atoms with E-state index >= 15 is 0 Å². The van der Waals surface area contributed by atoms with Crippen molar-refractivity contribution in [2.24, 2.45) is 5.92 Å². The average Bonchev–Trinajstić information content (AvgIpc) is 3.26. The highest BCUT2D eigenvalue weighted by Crippen LogP contribution is 2.28. The summed E-state index contributed by atoms with van der Waals surface area (Å²) in [5, 5.41) is 13.2. The molecular formula is C15H23NO3. The maximum Gasteiger partial charge on any atom is 0.119 e. The van der Waals surface area contributed by atoms with Gasteiger partial charge >= 0.3 is 0 Å². The lowest BCUT2D eigenvalue weighted by Crippen LogP contribution is -2.25. The van der Waals surface area contributed by atoms with Crippen LogP contribution in [0.1, 0.15) is 24.5 Å². The van der Waals surface area contributed by atoms with E-state index in [0.29, 0.717) is 13.2 Å². The zero-order chi connectivity index (χ0) is 13.5. The fraction of sp³-hybridized carbons (Fsp3) is 0.600. The van der Waals surface area contributed by atoms with Gasteiger partial charge in [0, 0.05) is 19.7 Å². The number of rotatable bonds is 9. The van der Waals surface area contributed by atoms with Gasteiger partial charge in [-0.1, -0.05) is 12.1 Å². The Hall–Kier alpha value is -1.10. The summed E-state index contributed by atoms with van der Waals surface area (Å²) in [6.07, 6.45) is 2.13. The Morgan fingerprint density at radius 3 is 3.00 bits per heavy atom. The molecule has 1 fully saturated rings. The highest BCUT2D eigenvalue weighted by molar-refractivity contribution is 5.29. The minimum Gasteiger partial charge on any atom is -0.497 e. The second-order valence-electron chi connectivity index (χ2n) is 5.01. The van der Waals surface area contributed by atoms with Crippen LogP contribution in [0.3, 0.4) is 0 Å². The lowest BCUT2D eigenvalue weighted by Gasteiger charge is -2.13. The predicted molar refractivity (Wildman–Crippen MR) is 74.4 cm³/mol. The first-order valence-electron chi connectivity index (χ1n) is 6.90. The van der Waals surface area contributed by atoms with E-state index in [9.17, 15) is 5.11 Å². The van der Waals surface area contributed by atoms with Gasteiger partial charge in [0.25, 0.3) is 0 Å². The van der Waals surface area contributed by atoms with Gasteiger partial charge < -0.3 is 19.9 Å². The molecule has 0 radical (unpaired) electrons. The molecule has 2 N–H and O–H groups in total. The summed E-state index contributed by atoms with van der Waals surface area (Å²) in [5.41, 5.74) is 0.866. The van der Waals surface area contributed by atoms with Crippen molar-refractivity contribution in [1.82, 2.24) is 5.32 Å². The van der Waals surface area contributed by atoms with Crippen molar-refractivity contribution in [3.05, 3.63) is 29.8 Å². The summed E-state index contributed by atoms with van der Waals surface area (Å²) in [6.45, 7) is 2.90. The molecule has 0 heterocycles. The molecule has 1 unspecified atom stereocenters. The molecule has 0 aromatic heterocycles. The van der Waals surface area contributed by atoms with E-state index in [4.69, 9.17) is 9.47 Å². The lowest BCUT2D eigenvalue weighted by molar-refractivity contribution is 0.119. The molecule has 4 nitrogen and oxygen atoms in total. The summed E-state index contributed by atoms with van der Waals surface area (Å²) in [6, 6.07) is 7.51. The fourth-order valence-corrected chi connectivity index (χ4v) is 1.88. The van der Waals surface area contributed by atoms with Gasteiger partial charge in [-0.15, -0.1) is 0 Å². The quantitative estimate of drug-likeness (QED) is 0.668. The van der Waals surface area contributed by atoms with Gasteiger partial charge in [0.1, 0.15) is 5.75 Å². The van der Waals surface area contributed by atoms with Crippen LogP contribution in [0.25, 0.3) is 0 Å². The van der Waals surface area contributed by atoms with E-state index in [-0.39, 0.29) is 0 Å². The Balaban J connectivity index is 1.60. The van der Waals surface area contributed by atoms with Crippen molar-refractivity contribution in [3.8, 4) is 5.75 Å². The van der Waals surface area contributed by atoms with Gasteiger partial charge in [-0.25, -0.2) is 0 Å². The highest BCUT2D eigenvalue weighted by atomic mass is 16.5. The van der Waals surface area contributed by atoms with E-state index in [1.54, 1.807) is 7.11 Å². The van der Waals surface area contributed by atoms with E-state index in [1.165, 1.54) is 12.8 Å². The monoisotopic (exact) mass is 265 g/mol. The van der Waals surface area contributed by atoms with Crippen LogP contribution in [0.2, 0.25) is 0 Å². The molecule has 106 valence electrons. The Labute approximate surface area is 114 Å². The molecule has 1 atom stereocenters. The third kappa shape index (κ3) is 5.19. The third-order valence-corrected chi connectivity index (χ3v) is 3.29. The zero-order valence-electron chi connectivity index (χ0n) is 11.5. The Kier molecular flexibility index (Phi) is 5.63. The van der Waals surface area contributed by atoms with Gasteiger partial charge in [0.15, 0.2) is 0 Å². The smallest absolute Gasteiger partial charge is 0.119 e. The van der Waals surface area contributed by atoms with E-state index < -0.39 is 6.10 Å². The van der Waals surface area contributed by atoms with Crippen LogP contribution >= 0.6 is 0 Å². The first-order chi connectivity index (χ1) is 9.29. The fourth-order valence-electron chi connectivity index (χ4n) is 1.88. The van der Waals surface area contributed by atoms with E-state index in [1.807, 2.05) is 24.3 Å². The molecule has 0 amide bonds. The summed E-state index contributed by atoms with van der Waals surface area (Å²) in [5.74, 6) is 1.58. The average molecular weight is 265 g/mol. The molecule has 19 heavy (non-hydrogen) atoms. The summed E-state index contributed by atoms with van der Waals surface area (Å²) in [7, 11) is 1.63. The predicted octanol–water partition coefficient (Wildman–Crippen LogP) is 1.74. The minimum absolute atomic E-state index is 0.515. The second kappa shape index (κ2) is 7.48. The number of methoxy groups -OCH3 is 1. The molecule has 1 aromatic carbocycles. The molecule has 0 aliphatic heterocycles. The highest BCUT2D eigenvalue weighted by Gasteiger charge is 2.20. The Morgan fingerprint density at radius 1 is 1.42 bits per heavy atom. The second-order valence-corrected chi connectivity index (χ2v) is 5.01. The van der Waals surface area contributed by atoms with Gasteiger partial charge in [0.05, 0.1) is 19.8 Å². The van der Waals surface area contributed by atoms with Gasteiger partial charge in [0.2, 0.25) is 0 Å². The van der Waals surface area contributed by atoms with Gasteiger partial charge in [-0.2, -0.15) is 0 Å². The Bertz CT molecular complexity index is 379. The molecular weight excluding hydrogens is 242 g/mol. The summed E-state index contributed by atoms with van der Waals surface area (Å²) in [4.78, 5) is 0. The zero-order valence-corrected chi connectivity index (χ0v) is 11.5. The number of nitrogens with one attached hydrogen (secondary N) is 1. The van der Waals surface area contributed by atoms with Crippen molar-refractivity contribution in [1.29, 1.82) is 0 Å². The number of hydrogen-bond acceptors (Lipinski definition) is 4. The number of aliphatic hydroxyl groups excluding tert-OH is 1. The maximum absolute atomic E-state index is 10.0. The molecule has 1 aliphatic carbocycles. The van der Waals surface area contributed by atoms with Crippen LogP contribution in [-0.2, 0) is 4.74 Å². The molecule has 0 spiro atoms. The van der Waals surface area contributed by atoms with Crippen molar-refractivity contribution in [3.63, 3.8) is 0 Å². The molecule has 1 aliphatic rings. The molecule has 2 rings (SSSR count). The first-order valence-corrected chi connectivity index (χ1v) is 6.90. The summed E-state index contributed by atoms with van der Waals surface area (Å²) >= 11 is 0. The number of aliphatic hydroxyl groups is 1. The Morgan fingerprint density at radius 2 is 2.26 bits per heavy atom. The molecule has 1 aromatic rings. The van der Waals surface area contributed by atoms with Crippen molar-refractivity contribution < 1.29 is 14.6 Å². The van der Waals surface area contributed by atoms with E-state index in [0.717, 1.165) is 30.4 Å². The normalized spacial score (nSPS) is 16.3. The van der Waals surface area contributed by atoms with Crippen molar-refractivity contribution in [2.75, 3.05) is 33.4 Å². The SMILES string of the molecule is COc1cccc(C(O)CNCCOCC2CC2)c1. The molecule has 4 heteroatoms. The standard InChI is InChI=1S/C15H23NO3/c1-18-14-4-2-3-13(9-14)15(17)10-16-7-8-19-11-12-5-6-12/h2-4,9,12,15-17H,5-8,10-11H2,1H3. The lowest BCUT2D eigenvalue weighted by atomic mass is 10.1. The van der Waals surface area contributed by atoms with Gasteiger partial charge in [-0.3, -0.25) is 0 Å². The number of benzene rings is 1. The van der Waals surface area contributed by atoms with Crippen LogP contribution in [0.4, 0.5) is 0 Å². The molecule has 0 bridgehead atoms. The van der Waals surface area contributed by atoms with Crippen molar-refractivity contribution >= 4 is 0 Å². The first kappa shape index (κ1) is 14.3. The minimum atomic E-state index is -0.515. The molecule has 0 saturated heterocycles. The van der Waals surface area contributed by atoms with Crippen LogP contribution in [0.15, 0.2) is 24.3 Å². The molecule has 1 saturated carbocycles.